The molecule has 1 amide bonds. The molecule has 13 heteroatoms. The molecule has 8 nitrogen and oxygen atoms in total. The molecule has 1 fully saturated rings. The van der Waals surface area contributed by atoms with E-state index in [-0.39, 0.29) is 17.9 Å². The Labute approximate surface area is 171 Å². The van der Waals surface area contributed by atoms with Gasteiger partial charge in [0.25, 0.3) is 11.5 Å². The van der Waals surface area contributed by atoms with Gasteiger partial charge in [-0.1, -0.05) is 0 Å². The number of rotatable bonds is 5. The standard InChI is InChI=1S/C18H17F5N4O4/c1-30-14-11(4-3-10(19)13(14)20)27-6-5-17(31-2,18(21,22)23)15(27)16(29)25-9-7-12(28)26-24-8-9/h3-4,7-8,15H,5-6H2,1-2H3,(H2,25,26,28,29). The Morgan fingerprint density at radius 3 is 2.61 bits per heavy atom. The van der Waals surface area contributed by atoms with Gasteiger partial charge < -0.3 is 19.7 Å². The molecule has 168 valence electrons. The van der Waals surface area contributed by atoms with Crippen molar-refractivity contribution in [2.24, 2.45) is 0 Å². The van der Waals surface area contributed by atoms with E-state index in [1.165, 1.54) is 0 Å². The minimum absolute atomic E-state index is 0.162. The first-order valence-electron chi connectivity index (χ1n) is 8.82. The first-order chi connectivity index (χ1) is 14.6. The molecule has 0 aliphatic carbocycles. The monoisotopic (exact) mass is 448 g/mol. The van der Waals surface area contributed by atoms with E-state index in [9.17, 15) is 31.5 Å². The highest BCUT2D eigenvalue weighted by atomic mass is 19.4. The van der Waals surface area contributed by atoms with Crippen LogP contribution in [-0.4, -0.2) is 54.7 Å². The number of nitrogens with zero attached hydrogens (tertiary/aromatic N) is 2. The number of aromatic amines is 1. The van der Waals surface area contributed by atoms with Crippen LogP contribution in [0, 0.1) is 11.6 Å². The molecule has 0 saturated carbocycles. The molecule has 1 aromatic carbocycles. The van der Waals surface area contributed by atoms with Crippen molar-refractivity contribution in [3.05, 3.63) is 46.4 Å². The van der Waals surface area contributed by atoms with Gasteiger partial charge in [-0.3, -0.25) is 9.59 Å². The number of benzene rings is 1. The van der Waals surface area contributed by atoms with E-state index in [1.54, 1.807) is 0 Å². The number of aromatic nitrogens is 2. The van der Waals surface area contributed by atoms with Gasteiger partial charge in [0.2, 0.25) is 5.82 Å². The molecule has 0 bridgehead atoms. The topological polar surface area (TPSA) is 96.6 Å². The number of amides is 1. The third-order valence-corrected chi connectivity index (χ3v) is 5.05. The van der Waals surface area contributed by atoms with Crippen LogP contribution in [0.2, 0.25) is 0 Å². The number of anilines is 2. The van der Waals surface area contributed by atoms with Crippen LogP contribution in [0.3, 0.4) is 0 Å². The summed E-state index contributed by atoms with van der Waals surface area (Å²) in [5.74, 6) is -4.55. The van der Waals surface area contributed by atoms with E-state index in [0.717, 1.165) is 37.4 Å². The Morgan fingerprint density at radius 2 is 2.03 bits per heavy atom. The number of alkyl halides is 3. The minimum Gasteiger partial charge on any atom is -0.491 e. The summed E-state index contributed by atoms with van der Waals surface area (Å²) in [5.41, 5.74) is -4.10. The van der Waals surface area contributed by atoms with Gasteiger partial charge in [0.1, 0.15) is 6.04 Å². The quantitative estimate of drug-likeness (QED) is 0.682. The zero-order valence-corrected chi connectivity index (χ0v) is 16.2. The fourth-order valence-corrected chi connectivity index (χ4v) is 3.64. The van der Waals surface area contributed by atoms with E-state index < -0.39 is 53.1 Å². The van der Waals surface area contributed by atoms with Crippen molar-refractivity contribution < 1.29 is 36.2 Å². The van der Waals surface area contributed by atoms with Crippen molar-refractivity contribution in [1.82, 2.24) is 10.2 Å². The Hall–Kier alpha value is -3.22. The molecule has 1 aliphatic heterocycles. The number of methoxy groups -OCH3 is 2. The molecule has 3 rings (SSSR count). The summed E-state index contributed by atoms with van der Waals surface area (Å²) in [6.07, 6.45) is -4.66. The van der Waals surface area contributed by atoms with Gasteiger partial charge in [-0.2, -0.15) is 22.7 Å². The summed E-state index contributed by atoms with van der Waals surface area (Å²) in [6.45, 7) is -0.388. The van der Waals surface area contributed by atoms with Gasteiger partial charge in [-0.15, -0.1) is 0 Å². The van der Waals surface area contributed by atoms with Crippen LogP contribution in [-0.2, 0) is 9.53 Å². The summed E-state index contributed by atoms with van der Waals surface area (Å²) in [4.78, 5) is 25.3. The van der Waals surface area contributed by atoms with Crippen molar-refractivity contribution in [3.8, 4) is 5.75 Å². The molecule has 1 aliphatic rings. The second-order valence-corrected chi connectivity index (χ2v) is 6.67. The number of ether oxygens (including phenoxy) is 2. The fourth-order valence-electron chi connectivity index (χ4n) is 3.64. The molecule has 1 aromatic heterocycles. The molecule has 2 aromatic rings. The highest BCUT2D eigenvalue weighted by molar-refractivity contribution is 5.98. The van der Waals surface area contributed by atoms with Crippen molar-refractivity contribution in [1.29, 1.82) is 0 Å². The van der Waals surface area contributed by atoms with Gasteiger partial charge in [0.05, 0.1) is 24.7 Å². The summed E-state index contributed by atoms with van der Waals surface area (Å²) < 4.78 is 79.8. The predicted molar refractivity (Wildman–Crippen MR) is 97.9 cm³/mol. The van der Waals surface area contributed by atoms with E-state index in [0.29, 0.717) is 6.07 Å². The van der Waals surface area contributed by atoms with Crippen molar-refractivity contribution >= 4 is 17.3 Å². The SMILES string of the molecule is COc1c(N2CCC(OC)(C(F)(F)F)C2C(=O)Nc2cn[nH]c(=O)c2)ccc(F)c1F. The van der Waals surface area contributed by atoms with Crippen LogP contribution in [0.1, 0.15) is 6.42 Å². The number of carbonyl (C=O) groups excluding carboxylic acids is 1. The van der Waals surface area contributed by atoms with Crippen molar-refractivity contribution in [2.45, 2.75) is 24.2 Å². The molecular weight excluding hydrogens is 431 g/mol. The molecule has 2 atom stereocenters. The van der Waals surface area contributed by atoms with Crippen LogP contribution in [0.5, 0.6) is 5.75 Å². The first-order valence-corrected chi connectivity index (χ1v) is 8.82. The molecule has 2 unspecified atom stereocenters. The summed E-state index contributed by atoms with van der Waals surface area (Å²) in [5, 5.41) is 7.72. The Balaban J connectivity index is 2.12. The summed E-state index contributed by atoms with van der Waals surface area (Å²) >= 11 is 0. The van der Waals surface area contributed by atoms with Gasteiger partial charge in [-0.05, 0) is 12.1 Å². The molecule has 0 spiro atoms. The third-order valence-electron chi connectivity index (χ3n) is 5.05. The Bertz CT molecular complexity index is 1040. The minimum atomic E-state index is -5.00. The van der Waals surface area contributed by atoms with E-state index in [1.807, 2.05) is 0 Å². The zero-order valence-electron chi connectivity index (χ0n) is 16.2. The van der Waals surface area contributed by atoms with Gasteiger partial charge in [0, 0.05) is 26.1 Å². The van der Waals surface area contributed by atoms with Crippen LogP contribution < -0.4 is 20.5 Å². The lowest BCUT2D eigenvalue weighted by Gasteiger charge is -2.38. The zero-order chi connectivity index (χ0) is 23.0. The van der Waals surface area contributed by atoms with Gasteiger partial charge in [0.15, 0.2) is 17.2 Å². The van der Waals surface area contributed by atoms with E-state index in [4.69, 9.17) is 9.47 Å². The molecule has 1 saturated heterocycles. The lowest BCUT2D eigenvalue weighted by Crippen LogP contribution is -2.61. The third kappa shape index (κ3) is 3.80. The number of nitrogens with one attached hydrogen (secondary N) is 2. The maximum Gasteiger partial charge on any atom is 0.420 e. The maximum atomic E-state index is 14.2. The number of carbonyl (C=O) groups is 1. The van der Waals surface area contributed by atoms with E-state index >= 15 is 0 Å². The normalized spacial score (nSPS) is 21.3. The lowest BCUT2D eigenvalue weighted by molar-refractivity contribution is -0.269. The molecular formula is C18H17F5N4O4. The molecule has 2 N–H and O–H groups in total. The smallest absolute Gasteiger partial charge is 0.420 e. The van der Waals surface area contributed by atoms with Gasteiger partial charge >= 0.3 is 6.18 Å². The second kappa shape index (κ2) is 8.13. The van der Waals surface area contributed by atoms with Crippen LogP contribution in [0.25, 0.3) is 0 Å². The average molecular weight is 448 g/mol. The highest BCUT2D eigenvalue weighted by Gasteiger charge is 2.67. The number of hydrogen-bond acceptors (Lipinski definition) is 6. The average Bonchev–Trinajstić information content (AvgIpc) is 3.10. The second-order valence-electron chi connectivity index (χ2n) is 6.67. The van der Waals surface area contributed by atoms with Crippen molar-refractivity contribution in [3.63, 3.8) is 0 Å². The Morgan fingerprint density at radius 1 is 1.32 bits per heavy atom. The maximum absolute atomic E-state index is 14.2. The molecule has 31 heavy (non-hydrogen) atoms. The van der Waals surface area contributed by atoms with Gasteiger partial charge in [-0.25, -0.2) is 9.49 Å². The number of hydrogen-bond donors (Lipinski definition) is 2. The number of H-pyrrole nitrogens is 1. The predicted octanol–water partition coefficient (Wildman–Crippen LogP) is 2.22. The molecule has 2 heterocycles. The Kier molecular flexibility index (Phi) is 5.89. The number of halogens is 5. The highest BCUT2D eigenvalue weighted by Crippen LogP contribution is 2.48. The van der Waals surface area contributed by atoms with Crippen LogP contribution in [0.15, 0.2) is 29.2 Å². The molecule has 0 radical (unpaired) electrons. The first kappa shape index (κ1) is 22.5. The summed E-state index contributed by atoms with van der Waals surface area (Å²) in [6, 6.07) is 0.581. The van der Waals surface area contributed by atoms with E-state index in [2.05, 4.69) is 15.5 Å². The summed E-state index contributed by atoms with van der Waals surface area (Å²) in [7, 11) is 1.82. The fraction of sp³-hybridized carbons (Fsp3) is 0.389. The van der Waals surface area contributed by atoms with Crippen molar-refractivity contribution in [2.75, 3.05) is 31.0 Å². The largest absolute Gasteiger partial charge is 0.491 e. The van der Waals surface area contributed by atoms with Crippen LogP contribution >= 0.6 is 0 Å². The lowest BCUT2D eigenvalue weighted by atomic mass is 9.92. The van der Waals surface area contributed by atoms with Crippen LogP contribution in [0.4, 0.5) is 33.3 Å².